The Kier molecular flexibility index (Phi) is 7.23. The third-order valence-corrected chi connectivity index (χ3v) is 7.58. The molecular weight excluding hydrogens is 474 g/mol. The molecule has 0 saturated carbocycles. The second kappa shape index (κ2) is 9.23. The number of nitrogens with zero attached hydrogens (tertiary/aromatic N) is 3. The van der Waals surface area contributed by atoms with Gasteiger partial charge in [-0.2, -0.15) is 0 Å². The van der Waals surface area contributed by atoms with Crippen molar-refractivity contribution in [3.8, 4) is 0 Å². The first kappa shape index (κ1) is 24.3. The van der Waals surface area contributed by atoms with Crippen LogP contribution >= 0.6 is 15.9 Å². The van der Waals surface area contributed by atoms with E-state index in [0.29, 0.717) is 13.3 Å². The van der Waals surface area contributed by atoms with Gasteiger partial charge in [0.25, 0.3) is 0 Å². The number of aryl methyl sites for hydroxylation is 1. The highest BCUT2D eigenvalue weighted by atomic mass is 79.9. The van der Waals surface area contributed by atoms with E-state index >= 15 is 0 Å². The molecule has 0 radical (unpaired) electrons. The highest BCUT2D eigenvalue weighted by Crippen LogP contribution is 2.36. The molecule has 1 aliphatic heterocycles. The number of hydrogen-bond donors (Lipinski definition) is 0. The predicted octanol–water partition coefficient (Wildman–Crippen LogP) is 6.49. The lowest BCUT2D eigenvalue weighted by Gasteiger charge is -2.28. The van der Waals surface area contributed by atoms with E-state index in [0.717, 1.165) is 52.4 Å². The Morgan fingerprint density at radius 1 is 1.29 bits per heavy atom. The van der Waals surface area contributed by atoms with E-state index in [4.69, 9.17) is 14.5 Å². The van der Waals surface area contributed by atoms with Crippen LogP contribution in [-0.2, 0) is 16.2 Å². The van der Waals surface area contributed by atoms with Crippen LogP contribution < -0.4 is 0 Å². The number of benzene rings is 1. The van der Waals surface area contributed by atoms with Crippen LogP contribution in [0.2, 0.25) is 25.7 Å². The van der Waals surface area contributed by atoms with Crippen molar-refractivity contribution >= 4 is 41.1 Å². The van der Waals surface area contributed by atoms with Crippen molar-refractivity contribution in [1.29, 1.82) is 0 Å². The van der Waals surface area contributed by atoms with Crippen LogP contribution in [0.15, 0.2) is 16.6 Å². The molecule has 3 rings (SSSR count). The molecule has 0 N–H and O–H groups in total. The summed E-state index contributed by atoms with van der Waals surface area (Å²) < 4.78 is 15.0. The van der Waals surface area contributed by atoms with Gasteiger partial charge in [0.05, 0.1) is 17.1 Å². The van der Waals surface area contributed by atoms with Crippen LogP contribution in [0, 0.1) is 6.92 Å². The zero-order valence-electron chi connectivity index (χ0n) is 19.9. The summed E-state index contributed by atoms with van der Waals surface area (Å²) in [5.74, 6) is 0.882. The minimum absolute atomic E-state index is 0.110. The van der Waals surface area contributed by atoms with Gasteiger partial charge < -0.3 is 14.0 Å². The maximum Gasteiger partial charge on any atom is 0.410 e. The monoisotopic (exact) mass is 509 g/mol. The summed E-state index contributed by atoms with van der Waals surface area (Å²) in [6.07, 6.45) is 1.54. The van der Waals surface area contributed by atoms with Gasteiger partial charge in [-0.15, -0.1) is 0 Å². The fourth-order valence-corrected chi connectivity index (χ4v) is 5.26. The molecule has 31 heavy (non-hydrogen) atoms. The molecule has 0 spiro atoms. The number of amides is 1. The predicted molar refractivity (Wildman–Crippen MR) is 131 cm³/mol. The summed E-state index contributed by atoms with van der Waals surface area (Å²) in [7, 11) is -1.16. The molecule has 1 saturated heterocycles. The number of halogens is 1. The van der Waals surface area contributed by atoms with Crippen LogP contribution in [0.3, 0.4) is 0 Å². The third kappa shape index (κ3) is 6.11. The van der Waals surface area contributed by atoms with Crippen LogP contribution in [0.25, 0.3) is 11.0 Å². The van der Waals surface area contributed by atoms with Gasteiger partial charge in [0.1, 0.15) is 18.2 Å². The minimum Gasteiger partial charge on any atom is -0.444 e. The highest BCUT2D eigenvalue weighted by molar-refractivity contribution is 9.10. The molecule has 0 aliphatic carbocycles. The molecule has 0 bridgehead atoms. The van der Waals surface area contributed by atoms with E-state index in [1.54, 1.807) is 0 Å². The molecule has 1 aromatic carbocycles. The van der Waals surface area contributed by atoms with Crippen molar-refractivity contribution in [2.45, 2.75) is 84.6 Å². The Balaban J connectivity index is 1.94. The molecule has 2 heterocycles. The average Bonchev–Trinajstić information content (AvgIpc) is 3.20. The summed E-state index contributed by atoms with van der Waals surface area (Å²) >= 11 is 3.59. The maximum atomic E-state index is 12.9. The largest absolute Gasteiger partial charge is 0.444 e. The summed E-state index contributed by atoms with van der Waals surface area (Å²) in [5, 5.41) is 0. The van der Waals surface area contributed by atoms with Gasteiger partial charge in [-0.05, 0) is 64.3 Å². The van der Waals surface area contributed by atoms with E-state index in [1.807, 2.05) is 31.7 Å². The lowest BCUT2D eigenvalue weighted by atomic mass is 10.2. The van der Waals surface area contributed by atoms with Crippen molar-refractivity contribution in [3.05, 3.63) is 28.0 Å². The molecule has 172 valence electrons. The standard InChI is InChI=1S/C23H36BrN3O3Si/c1-16-13-17(24)14-18-20(16)27(15-29-11-12-31(5,6)7)21(25-18)19-9-8-10-26(19)22(28)30-23(2,3)4/h13-14,19H,8-12,15H2,1-7H3. The Hall–Kier alpha value is -1.38. The number of carbonyl (C=O) groups is 1. The molecule has 1 amide bonds. The zero-order valence-corrected chi connectivity index (χ0v) is 22.5. The third-order valence-electron chi connectivity index (χ3n) is 5.42. The van der Waals surface area contributed by atoms with Crippen LogP contribution in [0.4, 0.5) is 4.79 Å². The summed E-state index contributed by atoms with van der Waals surface area (Å²) in [4.78, 5) is 19.7. The number of hydrogen-bond acceptors (Lipinski definition) is 4. The molecule has 1 atom stereocenters. The number of likely N-dealkylation sites (tertiary alicyclic amines) is 1. The number of imidazole rings is 1. The molecular formula is C23H36BrN3O3Si. The van der Waals surface area contributed by atoms with Crippen LogP contribution in [0.5, 0.6) is 0 Å². The smallest absolute Gasteiger partial charge is 0.410 e. The maximum absolute atomic E-state index is 12.9. The summed E-state index contributed by atoms with van der Waals surface area (Å²) in [5.41, 5.74) is 2.61. The minimum atomic E-state index is -1.16. The Morgan fingerprint density at radius 3 is 2.65 bits per heavy atom. The number of carbonyl (C=O) groups excluding carboxylic acids is 1. The number of aromatic nitrogens is 2. The van der Waals surface area contributed by atoms with Gasteiger partial charge in [0.15, 0.2) is 0 Å². The van der Waals surface area contributed by atoms with Gasteiger partial charge in [0, 0.05) is 25.7 Å². The normalized spacial score (nSPS) is 17.5. The zero-order chi connectivity index (χ0) is 23.0. The first-order chi connectivity index (χ1) is 14.4. The van der Waals surface area contributed by atoms with Crippen molar-refractivity contribution in [2.75, 3.05) is 13.2 Å². The van der Waals surface area contributed by atoms with E-state index in [1.165, 1.54) is 0 Å². The molecule has 6 nitrogen and oxygen atoms in total. The Bertz CT molecular complexity index is 946. The van der Waals surface area contributed by atoms with Gasteiger partial charge in [-0.1, -0.05) is 35.6 Å². The highest BCUT2D eigenvalue weighted by Gasteiger charge is 2.36. The molecule has 8 heteroatoms. The first-order valence-corrected chi connectivity index (χ1v) is 15.6. The lowest BCUT2D eigenvalue weighted by molar-refractivity contribution is 0.0205. The summed E-state index contributed by atoms with van der Waals surface area (Å²) in [6.45, 7) is 16.7. The molecule has 1 aromatic heterocycles. The fraction of sp³-hybridized carbons (Fsp3) is 0.652. The fourth-order valence-electron chi connectivity index (χ4n) is 3.95. The number of fused-ring (bicyclic) bond motifs is 1. The van der Waals surface area contributed by atoms with Gasteiger partial charge >= 0.3 is 6.09 Å². The van der Waals surface area contributed by atoms with Crippen molar-refractivity contribution < 1.29 is 14.3 Å². The van der Waals surface area contributed by atoms with Crippen molar-refractivity contribution in [1.82, 2.24) is 14.5 Å². The molecule has 1 unspecified atom stereocenters. The molecule has 2 aromatic rings. The number of ether oxygens (including phenoxy) is 2. The lowest BCUT2D eigenvalue weighted by Crippen LogP contribution is -2.37. The van der Waals surface area contributed by atoms with E-state index < -0.39 is 13.7 Å². The second-order valence-electron chi connectivity index (χ2n) is 10.7. The van der Waals surface area contributed by atoms with Gasteiger partial charge in [-0.25, -0.2) is 9.78 Å². The Labute approximate surface area is 195 Å². The topological polar surface area (TPSA) is 56.6 Å². The van der Waals surface area contributed by atoms with Gasteiger partial charge in [-0.3, -0.25) is 4.90 Å². The van der Waals surface area contributed by atoms with E-state index in [-0.39, 0.29) is 12.1 Å². The SMILES string of the molecule is Cc1cc(Br)cc2nc(C3CCCN3C(=O)OC(C)(C)C)n(COCC[Si](C)(C)C)c12. The van der Waals surface area contributed by atoms with Crippen molar-refractivity contribution in [2.24, 2.45) is 0 Å². The number of rotatable bonds is 6. The van der Waals surface area contributed by atoms with E-state index in [9.17, 15) is 4.79 Å². The first-order valence-electron chi connectivity index (χ1n) is 11.1. The van der Waals surface area contributed by atoms with Gasteiger partial charge in [0.2, 0.25) is 0 Å². The molecule has 1 aliphatic rings. The van der Waals surface area contributed by atoms with Crippen molar-refractivity contribution in [3.63, 3.8) is 0 Å². The van der Waals surface area contributed by atoms with Crippen LogP contribution in [0.1, 0.15) is 51.0 Å². The quantitative estimate of drug-likeness (QED) is 0.329. The van der Waals surface area contributed by atoms with E-state index in [2.05, 4.69) is 53.1 Å². The van der Waals surface area contributed by atoms with Crippen LogP contribution in [-0.4, -0.2) is 47.4 Å². The molecule has 1 fully saturated rings. The second-order valence-corrected chi connectivity index (χ2v) is 17.2. The Morgan fingerprint density at radius 2 is 2.00 bits per heavy atom. The average molecular weight is 511 g/mol. The summed E-state index contributed by atoms with van der Waals surface area (Å²) in [6, 6.07) is 5.15.